The van der Waals surface area contributed by atoms with Crippen molar-refractivity contribution in [1.29, 1.82) is 0 Å². The van der Waals surface area contributed by atoms with Gasteiger partial charge in [-0.05, 0) is 75.3 Å². The summed E-state index contributed by atoms with van der Waals surface area (Å²) in [6, 6.07) is 6.54. The molecule has 132 valence electrons. The van der Waals surface area contributed by atoms with Crippen LogP contribution in [0.3, 0.4) is 0 Å². The molecule has 0 unspecified atom stereocenters. The summed E-state index contributed by atoms with van der Waals surface area (Å²) in [6.45, 7) is 7.39. The van der Waals surface area contributed by atoms with Crippen LogP contribution in [0.4, 0.5) is 0 Å². The summed E-state index contributed by atoms with van der Waals surface area (Å²) in [5.41, 5.74) is 2.81. The van der Waals surface area contributed by atoms with Gasteiger partial charge in [-0.1, -0.05) is 13.0 Å². The van der Waals surface area contributed by atoms with Gasteiger partial charge in [-0.15, -0.1) is 0 Å². The van der Waals surface area contributed by atoms with E-state index in [-0.39, 0.29) is 11.9 Å². The highest BCUT2D eigenvalue weighted by Gasteiger charge is 2.23. The van der Waals surface area contributed by atoms with E-state index in [9.17, 15) is 4.79 Å². The number of benzene rings is 1. The molecule has 1 aliphatic carbocycles. The van der Waals surface area contributed by atoms with Gasteiger partial charge in [0.25, 0.3) is 5.91 Å². The molecule has 2 aliphatic rings. The summed E-state index contributed by atoms with van der Waals surface area (Å²) in [5.74, 6) is 0.820. The minimum absolute atomic E-state index is 0.00411. The van der Waals surface area contributed by atoms with E-state index in [1.165, 1.54) is 36.9 Å². The standard InChI is InChI=1S/C20H30N2O2/c1-3-11-22-12-9-18(10-13-22)21-20(23)15(2)24-19-8-7-16-5-4-6-17(16)14-19/h7-8,14-15,18H,3-6,9-13H2,1-2H3,(H,21,23)/t15-/m1/s1. The van der Waals surface area contributed by atoms with Crippen LogP contribution in [0.25, 0.3) is 0 Å². The van der Waals surface area contributed by atoms with Crippen molar-refractivity contribution in [2.24, 2.45) is 0 Å². The Bertz CT molecular complexity index is 565. The number of carbonyl (C=O) groups is 1. The van der Waals surface area contributed by atoms with Gasteiger partial charge >= 0.3 is 0 Å². The quantitative estimate of drug-likeness (QED) is 0.872. The first-order valence-electron chi connectivity index (χ1n) is 9.47. The summed E-state index contributed by atoms with van der Waals surface area (Å²) in [4.78, 5) is 14.9. The van der Waals surface area contributed by atoms with E-state index in [1.54, 1.807) is 0 Å². The number of hydrogen-bond donors (Lipinski definition) is 1. The molecule has 1 amide bonds. The van der Waals surface area contributed by atoms with Gasteiger partial charge in [-0.2, -0.15) is 0 Å². The molecule has 1 fully saturated rings. The van der Waals surface area contributed by atoms with E-state index in [0.717, 1.165) is 38.1 Å². The average molecular weight is 330 g/mol. The van der Waals surface area contributed by atoms with Gasteiger partial charge in [-0.25, -0.2) is 0 Å². The third kappa shape index (κ3) is 4.29. The monoisotopic (exact) mass is 330 g/mol. The predicted octanol–water partition coefficient (Wildman–Crippen LogP) is 2.93. The van der Waals surface area contributed by atoms with Crippen molar-refractivity contribution >= 4 is 5.91 Å². The lowest BCUT2D eigenvalue weighted by atomic mass is 10.0. The molecule has 4 nitrogen and oxygen atoms in total. The van der Waals surface area contributed by atoms with E-state index in [2.05, 4.69) is 29.3 Å². The van der Waals surface area contributed by atoms with Gasteiger partial charge in [0, 0.05) is 19.1 Å². The molecule has 1 N–H and O–H groups in total. The molecule has 0 saturated carbocycles. The van der Waals surface area contributed by atoms with Crippen molar-refractivity contribution in [3.63, 3.8) is 0 Å². The molecule has 3 rings (SSSR count). The fourth-order valence-electron chi connectivity index (χ4n) is 3.81. The number of rotatable bonds is 6. The smallest absolute Gasteiger partial charge is 0.260 e. The van der Waals surface area contributed by atoms with Gasteiger partial charge in [0.15, 0.2) is 6.10 Å². The van der Waals surface area contributed by atoms with Gasteiger partial charge in [-0.3, -0.25) is 4.79 Å². The van der Waals surface area contributed by atoms with Gasteiger partial charge in [0.1, 0.15) is 5.75 Å². The fourth-order valence-corrected chi connectivity index (χ4v) is 3.81. The Kier molecular flexibility index (Phi) is 5.77. The maximum absolute atomic E-state index is 12.4. The lowest BCUT2D eigenvalue weighted by Gasteiger charge is -2.32. The zero-order valence-corrected chi connectivity index (χ0v) is 15.0. The van der Waals surface area contributed by atoms with Gasteiger partial charge in [0.2, 0.25) is 0 Å². The Balaban J connectivity index is 1.47. The topological polar surface area (TPSA) is 41.6 Å². The minimum Gasteiger partial charge on any atom is -0.481 e. The number of amides is 1. The largest absolute Gasteiger partial charge is 0.481 e. The molecule has 1 aromatic carbocycles. The number of fused-ring (bicyclic) bond motifs is 1. The zero-order valence-electron chi connectivity index (χ0n) is 15.0. The maximum atomic E-state index is 12.4. The van der Waals surface area contributed by atoms with Crippen LogP contribution >= 0.6 is 0 Å². The van der Waals surface area contributed by atoms with Crippen LogP contribution in [0.5, 0.6) is 5.75 Å². The highest BCUT2D eigenvalue weighted by atomic mass is 16.5. The Labute approximate surface area is 145 Å². The summed E-state index contributed by atoms with van der Waals surface area (Å²) < 4.78 is 5.88. The van der Waals surface area contributed by atoms with E-state index in [4.69, 9.17) is 4.74 Å². The molecule has 24 heavy (non-hydrogen) atoms. The predicted molar refractivity (Wildman–Crippen MR) is 96.5 cm³/mol. The highest BCUT2D eigenvalue weighted by molar-refractivity contribution is 5.81. The number of likely N-dealkylation sites (tertiary alicyclic amines) is 1. The molecule has 0 radical (unpaired) electrons. The third-order valence-corrected chi connectivity index (χ3v) is 5.23. The van der Waals surface area contributed by atoms with Crippen LogP contribution < -0.4 is 10.1 Å². The number of piperidine rings is 1. The summed E-state index contributed by atoms with van der Waals surface area (Å²) in [7, 11) is 0. The van der Waals surface area contributed by atoms with Crippen LogP contribution in [-0.2, 0) is 17.6 Å². The molecule has 1 aromatic rings. The summed E-state index contributed by atoms with van der Waals surface area (Å²) in [5, 5.41) is 3.16. The lowest BCUT2D eigenvalue weighted by Crippen LogP contribution is -2.48. The van der Waals surface area contributed by atoms with E-state index in [1.807, 2.05) is 13.0 Å². The first-order valence-corrected chi connectivity index (χ1v) is 9.47. The van der Waals surface area contributed by atoms with E-state index in [0.29, 0.717) is 0 Å². The van der Waals surface area contributed by atoms with Crippen molar-refractivity contribution in [2.45, 2.75) is 64.5 Å². The Morgan fingerprint density at radius 3 is 2.79 bits per heavy atom. The Morgan fingerprint density at radius 1 is 1.29 bits per heavy atom. The number of nitrogens with zero attached hydrogens (tertiary/aromatic N) is 1. The van der Waals surface area contributed by atoms with Crippen LogP contribution in [-0.4, -0.2) is 42.6 Å². The average Bonchev–Trinajstić information content (AvgIpc) is 3.04. The Morgan fingerprint density at radius 2 is 2.04 bits per heavy atom. The highest BCUT2D eigenvalue weighted by Crippen LogP contribution is 2.26. The number of nitrogens with one attached hydrogen (secondary N) is 1. The normalized spacial score (nSPS) is 19.8. The second kappa shape index (κ2) is 8.02. The second-order valence-corrected chi connectivity index (χ2v) is 7.17. The van der Waals surface area contributed by atoms with Crippen molar-refractivity contribution in [3.8, 4) is 5.75 Å². The third-order valence-electron chi connectivity index (χ3n) is 5.23. The van der Waals surface area contributed by atoms with Crippen LogP contribution in [0.15, 0.2) is 18.2 Å². The molecule has 4 heteroatoms. The Hall–Kier alpha value is -1.55. The molecule has 1 saturated heterocycles. The first-order chi connectivity index (χ1) is 11.7. The SMILES string of the molecule is CCCN1CCC(NC(=O)[C@@H](C)Oc2ccc3c(c2)CCC3)CC1. The van der Waals surface area contributed by atoms with Gasteiger partial charge < -0.3 is 15.0 Å². The first kappa shape index (κ1) is 17.3. The molecule has 1 heterocycles. The summed E-state index contributed by atoms with van der Waals surface area (Å²) >= 11 is 0. The minimum atomic E-state index is -0.446. The van der Waals surface area contributed by atoms with Crippen LogP contribution in [0, 0.1) is 0 Å². The molecule has 1 aliphatic heterocycles. The van der Waals surface area contributed by atoms with Gasteiger partial charge in [0.05, 0.1) is 0 Å². The number of ether oxygens (including phenoxy) is 1. The summed E-state index contributed by atoms with van der Waals surface area (Å²) in [6.07, 6.45) is 6.35. The number of carbonyl (C=O) groups excluding carboxylic acids is 1. The second-order valence-electron chi connectivity index (χ2n) is 7.17. The van der Waals surface area contributed by atoms with Crippen LogP contribution in [0.2, 0.25) is 0 Å². The van der Waals surface area contributed by atoms with Crippen molar-refractivity contribution < 1.29 is 9.53 Å². The van der Waals surface area contributed by atoms with Crippen molar-refractivity contribution in [1.82, 2.24) is 10.2 Å². The van der Waals surface area contributed by atoms with Crippen LogP contribution in [0.1, 0.15) is 50.7 Å². The van der Waals surface area contributed by atoms with E-state index >= 15 is 0 Å². The maximum Gasteiger partial charge on any atom is 0.260 e. The molecule has 1 atom stereocenters. The zero-order chi connectivity index (χ0) is 16.9. The fraction of sp³-hybridized carbons (Fsp3) is 0.650. The number of aryl methyl sites for hydroxylation is 2. The number of hydrogen-bond acceptors (Lipinski definition) is 3. The van der Waals surface area contributed by atoms with Crippen molar-refractivity contribution in [3.05, 3.63) is 29.3 Å². The molecular formula is C20H30N2O2. The molecular weight excluding hydrogens is 300 g/mol. The van der Waals surface area contributed by atoms with Crippen molar-refractivity contribution in [2.75, 3.05) is 19.6 Å². The van der Waals surface area contributed by atoms with E-state index < -0.39 is 6.10 Å². The molecule has 0 bridgehead atoms. The molecule has 0 aromatic heterocycles. The molecule has 0 spiro atoms. The lowest BCUT2D eigenvalue weighted by molar-refractivity contribution is -0.128.